The molecular weight excluding hydrogens is 673 g/mol. The zero-order valence-corrected chi connectivity index (χ0v) is 33.2. The molecule has 5 heteroatoms. The van der Waals surface area contributed by atoms with Crippen LogP contribution in [-0.2, 0) is 0 Å². The van der Waals surface area contributed by atoms with Crippen LogP contribution in [0.3, 0.4) is 0 Å². The number of hydrogen-bond acceptors (Lipinski definition) is 3. The standard InChI is InChI=1S/C50H50N4O/c1-31(2)39-21-15-22-40(32(3)4)47(39)53-45-27-11-9-25-43(45)51-49(53)35-17-13-19-37(29-35)55-38-20-14-18-36(30-38)50-52-44-26-10-12-28-46(44)54(50)48-41(33(5)6)23-16-24-42(48)34(7)8/h9-34H,1-8H3. The molecule has 0 saturated heterocycles. The summed E-state index contributed by atoms with van der Waals surface area (Å²) in [5.74, 6) is 4.65. The summed E-state index contributed by atoms with van der Waals surface area (Å²) in [6.45, 7) is 18.2. The Morgan fingerprint density at radius 1 is 0.400 bits per heavy atom. The fourth-order valence-electron chi connectivity index (χ4n) is 7.97. The third-order valence-electron chi connectivity index (χ3n) is 10.7. The number of fused-ring (bicyclic) bond motifs is 2. The lowest BCUT2D eigenvalue weighted by Crippen LogP contribution is -2.08. The second-order valence-electron chi connectivity index (χ2n) is 15.9. The first kappa shape index (κ1) is 36.1. The van der Waals surface area contributed by atoms with E-state index < -0.39 is 0 Å². The summed E-state index contributed by atoms with van der Waals surface area (Å²) in [5, 5.41) is 0. The van der Waals surface area contributed by atoms with Crippen LogP contribution in [0.15, 0.2) is 133 Å². The zero-order chi connectivity index (χ0) is 38.4. The highest BCUT2D eigenvalue weighted by Crippen LogP contribution is 2.40. The van der Waals surface area contributed by atoms with Gasteiger partial charge in [0.05, 0.1) is 33.4 Å². The smallest absolute Gasteiger partial charge is 0.145 e. The minimum Gasteiger partial charge on any atom is -0.457 e. The van der Waals surface area contributed by atoms with Gasteiger partial charge in [0, 0.05) is 11.1 Å². The topological polar surface area (TPSA) is 44.9 Å². The number of benzene rings is 6. The van der Waals surface area contributed by atoms with Gasteiger partial charge in [-0.3, -0.25) is 9.13 Å². The largest absolute Gasteiger partial charge is 0.457 e. The fraction of sp³-hybridized carbons (Fsp3) is 0.240. The van der Waals surface area contributed by atoms with Gasteiger partial charge in [0.2, 0.25) is 0 Å². The maximum absolute atomic E-state index is 6.72. The Kier molecular flexibility index (Phi) is 9.64. The van der Waals surface area contributed by atoms with Crippen molar-refractivity contribution in [1.82, 2.24) is 19.1 Å². The molecule has 0 amide bonds. The molecule has 276 valence electrons. The lowest BCUT2D eigenvalue weighted by Gasteiger charge is -2.23. The Balaban J connectivity index is 1.23. The van der Waals surface area contributed by atoms with Gasteiger partial charge < -0.3 is 4.74 Å². The van der Waals surface area contributed by atoms with Crippen molar-refractivity contribution in [2.45, 2.75) is 79.1 Å². The molecule has 0 aliphatic carbocycles. The molecule has 0 aliphatic heterocycles. The van der Waals surface area contributed by atoms with Crippen LogP contribution in [0.4, 0.5) is 0 Å². The molecule has 2 aromatic heterocycles. The summed E-state index contributed by atoms with van der Waals surface area (Å²) in [6.07, 6.45) is 0. The van der Waals surface area contributed by atoms with Gasteiger partial charge in [-0.1, -0.05) is 140 Å². The summed E-state index contributed by atoms with van der Waals surface area (Å²) < 4.78 is 11.4. The van der Waals surface area contributed by atoms with Crippen LogP contribution in [0.5, 0.6) is 11.5 Å². The second kappa shape index (κ2) is 14.7. The molecule has 55 heavy (non-hydrogen) atoms. The van der Waals surface area contributed by atoms with Gasteiger partial charge >= 0.3 is 0 Å². The van der Waals surface area contributed by atoms with Gasteiger partial charge in [-0.05, 0) is 94.5 Å². The SMILES string of the molecule is CC(C)c1cccc(C(C)C)c1-n1c(-c2cccc(Oc3cccc(-c4nc5ccccc5n4-c4c(C(C)C)cccc4C(C)C)c3)c2)nc2ccccc21. The maximum atomic E-state index is 6.72. The predicted octanol–water partition coefficient (Wildman–Crippen LogP) is 14.0. The van der Waals surface area contributed by atoms with E-state index in [0.717, 1.165) is 56.3 Å². The number of rotatable bonds is 10. The molecule has 5 nitrogen and oxygen atoms in total. The second-order valence-corrected chi connectivity index (χ2v) is 15.9. The number of hydrogen-bond donors (Lipinski definition) is 0. The summed E-state index contributed by atoms with van der Waals surface area (Å²) in [4.78, 5) is 10.5. The third kappa shape index (κ3) is 6.62. The lowest BCUT2D eigenvalue weighted by molar-refractivity contribution is 0.483. The van der Waals surface area contributed by atoms with E-state index in [-0.39, 0.29) is 0 Å². The van der Waals surface area contributed by atoms with Crippen LogP contribution >= 0.6 is 0 Å². The zero-order valence-electron chi connectivity index (χ0n) is 33.2. The summed E-state index contributed by atoms with van der Waals surface area (Å²) in [7, 11) is 0. The van der Waals surface area contributed by atoms with Crippen molar-refractivity contribution in [2.75, 3.05) is 0 Å². The highest BCUT2D eigenvalue weighted by molar-refractivity contribution is 5.86. The van der Waals surface area contributed by atoms with Crippen molar-refractivity contribution >= 4 is 22.1 Å². The van der Waals surface area contributed by atoms with Gasteiger partial charge in [0.25, 0.3) is 0 Å². The van der Waals surface area contributed by atoms with E-state index in [1.165, 1.54) is 33.6 Å². The van der Waals surface area contributed by atoms with Crippen LogP contribution < -0.4 is 4.74 Å². The van der Waals surface area contributed by atoms with Crippen molar-refractivity contribution in [2.24, 2.45) is 0 Å². The molecule has 2 heterocycles. The molecule has 0 bridgehead atoms. The molecule has 6 aromatic carbocycles. The number of aromatic nitrogens is 4. The highest BCUT2D eigenvalue weighted by atomic mass is 16.5. The molecule has 0 saturated carbocycles. The fourth-order valence-corrected chi connectivity index (χ4v) is 7.97. The van der Waals surface area contributed by atoms with Crippen LogP contribution in [0, 0.1) is 0 Å². The number of nitrogens with zero attached hydrogens (tertiary/aromatic N) is 4. The molecule has 0 N–H and O–H groups in total. The number of ether oxygens (including phenoxy) is 1. The van der Waals surface area contributed by atoms with Gasteiger partial charge in [-0.2, -0.15) is 0 Å². The third-order valence-corrected chi connectivity index (χ3v) is 10.7. The van der Waals surface area contributed by atoms with E-state index in [4.69, 9.17) is 14.7 Å². The molecule has 0 spiro atoms. The average Bonchev–Trinajstić information content (AvgIpc) is 3.76. The van der Waals surface area contributed by atoms with E-state index in [0.29, 0.717) is 23.7 Å². The number of imidazole rings is 2. The molecule has 0 unspecified atom stereocenters. The normalized spacial score (nSPS) is 11.9. The lowest BCUT2D eigenvalue weighted by atomic mass is 9.92. The van der Waals surface area contributed by atoms with Gasteiger partial charge in [-0.15, -0.1) is 0 Å². The minimum absolute atomic E-state index is 0.341. The predicted molar refractivity (Wildman–Crippen MR) is 229 cm³/mol. The van der Waals surface area contributed by atoms with Crippen molar-refractivity contribution < 1.29 is 4.74 Å². The summed E-state index contributed by atoms with van der Waals surface area (Å²) in [5.41, 5.74) is 13.8. The van der Waals surface area contributed by atoms with Crippen molar-refractivity contribution in [3.05, 3.63) is 156 Å². The first-order valence-electron chi connectivity index (χ1n) is 19.7. The maximum Gasteiger partial charge on any atom is 0.145 e. The van der Waals surface area contributed by atoms with Crippen molar-refractivity contribution in [3.63, 3.8) is 0 Å². The Morgan fingerprint density at radius 3 is 1.11 bits per heavy atom. The molecule has 0 aliphatic rings. The molecular formula is C50H50N4O. The van der Waals surface area contributed by atoms with Gasteiger partial charge in [-0.25, -0.2) is 9.97 Å². The first-order valence-corrected chi connectivity index (χ1v) is 19.7. The van der Waals surface area contributed by atoms with Crippen molar-refractivity contribution in [1.29, 1.82) is 0 Å². The number of para-hydroxylation sites is 6. The van der Waals surface area contributed by atoms with E-state index >= 15 is 0 Å². The van der Waals surface area contributed by atoms with Crippen LogP contribution in [-0.4, -0.2) is 19.1 Å². The summed E-state index contributed by atoms with van der Waals surface area (Å²) >= 11 is 0. The van der Waals surface area contributed by atoms with Gasteiger partial charge in [0.15, 0.2) is 0 Å². The van der Waals surface area contributed by atoms with Crippen LogP contribution in [0.2, 0.25) is 0 Å². The van der Waals surface area contributed by atoms with Gasteiger partial charge in [0.1, 0.15) is 23.1 Å². The van der Waals surface area contributed by atoms with E-state index in [2.05, 4.69) is 186 Å². The molecule has 0 radical (unpaired) electrons. The molecule has 0 fully saturated rings. The van der Waals surface area contributed by atoms with Crippen molar-refractivity contribution in [3.8, 4) is 45.6 Å². The van der Waals surface area contributed by atoms with E-state index in [9.17, 15) is 0 Å². The Morgan fingerprint density at radius 2 is 0.745 bits per heavy atom. The highest BCUT2D eigenvalue weighted by Gasteiger charge is 2.24. The molecule has 8 rings (SSSR count). The first-order chi connectivity index (χ1) is 26.6. The quantitative estimate of drug-likeness (QED) is 0.141. The van der Waals surface area contributed by atoms with Crippen LogP contribution in [0.25, 0.3) is 56.2 Å². The summed E-state index contributed by atoms with van der Waals surface area (Å²) in [6, 6.07) is 47.0. The van der Waals surface area contributed by atoms with E-state index in [1.54, 1.807) is 0 Å². The monoisotopic (exact) mass is 722 g/mol. The Bertz CT molecular complexity index is 2420. The Labute approximate surface area is 325 Å². The molecule has 0 atom stereocenters. The minimum atomic E-state index is 0.341. The Hall–Kier alpha value is -5.94. The molecule has 8 aromatic rings. The van der Waals surface area contributed by atoms with E-state index in [1.807, 2.05) is 12.1 Å². The van der Waals surface area contributed by atoms with Crippen LogP contribution in [0.1, 0.15) is 101 Å². The average molecular weight is 723 g/mol.